The normalized spacial score (nSPS) is 28.4. The van der Waals surface area contributed by atoms with Crippen molar-refractivity contribution in [2.24, 2.45) is 11.8 Å². The molecule has 2 aliphatic heterocycles. The number of ether oxygens (including phenoxy) is 2. The minimum atomic E-state index is -2.94. The van der Waals surface area contributed by atoms with Gasteiger partial charge in [-0.2, -0.15) is 8.78 Å². The molecule has 8 heteroatoms. The first-order chi connectivity index (χ1) is 14.6. The molecule has 30 heavy (non-hydrogen) atoms. The molecule has 0 bridgehead atoms. The van der Waals surface area contributed by atoms with Gasteiger partial charge in [-0.15, -0.1) is 0 Å². The summed E-state index contributed by atoms with van der Waals surface area (Å²) in [5.41, 5.74) is 9.54. The number of pyridine rings is 2. The number of aromatic nitrogens is 2. The third-order valence-electron chi connectivity index (χ3n) is 7.00. The van der Waals surface area contributed by atoms with Crippen LogP contribution in [-0.4, -0.2) is 53.8 Å². The molecule has 2 N–H and O–H groups in total. The molecule has 1 unspecified atom stereocenters. The summed E-state index contributed by atoms with van der Waals surface area (Å²) in [6, 6.07) is 6.49. The number of rotatable bonds is 6. The van der Waals surface area contributed by atoms with Crippen LogP contribution in [0.3, 0.4) is 0 Å². The predicted molar refractivity (Wildman–Crippen MR) is 106 cm³/mol. The van der Waals surface area contributed by atoms with Crippen LogP contribution in [0.1, 0.15) is 35.9 Å². The maximum atomic E-state index is 12.7. The van der Waals surface area contributed by atoms with Gasteiger partial charge in [-0.1, -0.05) is 0 Å². The van der Waals surface area contributed by atoms with Crippen LogP contribution in [0.2, 0.25) is 0 Å². The van der Waals surface area contributed by atoms with Gasteiger partial charge in [0.2, 0.25) is 0 Å². The van der Waals surface area contributed by atoms with Crippen LogP contribution >= 0.6 is 0 Å². The Kier molecular flexibility index (Phi) is 4.21. The second-order valence-electron chi connectivity index (χ2n) is 8.97. The van der Waals surface area contributed by atoms with Crippen LogP contribution in [0, 0.1) is 11.8 Å². The third-order valence-corrected chi connectivity index (χ3v) is 7.00. The topological polar surface area (TPSA) is 73.5 Å². The van der Waals surface area contributed by atoms with Crippen LogP contribution in [0.25, 0.3) is 11.3 Å². The molecular formula is C22H24F2N4O2. The lowest BCUT2D eigenvalue weighted by Crippen LogP contribution is -2.48. The maximum absolute atomic E-state index is 12.7. The maximum Gasteiger partial charge on any atom is 0.387 e. The van der Waals surface area contributed by atoms with Gasteiger partial charge in [-0.3, -0.25) is 9.88 Å². The van der Waals surface area contributed by atoms with Gasteiger partial charge in [-0.05, 0) is 54.4 Å². The van der Waals surface area contributed by atoms with Crippen molar-refractivity contribution in [1.29, 1.82) is 0 Å². The first-order valence-electron chi connectivity index (χ1n) is 10.6. The van der Waals surface area contributed by atoms with E-state index in [9.17, 15) is 8.78 Å². The van der Waals surface area contributed by atoms with E-state index in [1.54, 1.807) is 6.20 Å². The van der Waals surface area contributed by atoms with Crippen LogP contribution in [0.15, 0.2) is 24.4 Å². The average molecular weight is 414 g/mol. The Bertz CT molecular complexity index is 968. The minimum absolute atomic E-state index is 0.0468. The van der Waals surface area contributed by atoms with Gasteiger partial charge in [0.1, 0.15) is 0 Å². The summed E-state index contributed by atoms with van der Waals surface area (Å²) in [6.45, 7) is 1.05. The van der Waals surface area contributed by atoms with E-state index >= 15 is 0 Å². The van der Waals surface area contributed by atoms with Gasteiger partial charge in [0.05, 0.1) is 24.9 Å². The lowest BCUT2D eigenvalue weighted by molar-refractivity contribution is -0.0609. The number of likely N-dealkylation sites (tertiary alicyclic amines) is 1. The number of alkyl halides is 2. The van der Waals surface area contributed by atoms with E-state index in [0.29, 0.717) is 35.3 Å². The average Bonchev–Trinajstić information content (AvgIpc) is 3.59. The van der Waals surface area contributed by atoms with Crippen molar-refractivity contribution in [3.63, 3.8) is 0 Å². The summed E-state index contributed by atoms with van der Waals surface area (Å²) in [6.07, 6.45) is 3.90. The summed E-state index contributed by atoms with van der Waals surface area (Å²) in [5, 5.41) is 0. The zero-order chi connectivity index (χ0) is 20.4. The zero-order valence-corrected chi connectivity index (χ0v) is 16.5. The Morgan fingerprint density at radius 2 is 1.90 bits per heavy atom. The molecule has 3 atom stereocenters. The molecule has 4 aliphatic rings. The van der Waals surface area contributed by atoms with E-state index in [4.69, 9.17) is 15.5 Å². The highest BCUT2D eigenvalue weighted by atomic mass is 19.3. The van der Waals surface area contributed by atoms with Crippen LogP contribution in [0.5, 0.6) is 5.75 Å². The second-order valence-corrected chi connectivity index (χ2v) is 8.97. The predicted octanol–water partition coefficient (Wildman–Crippen LogP) is 3.25. The molecule has 0 aromatic carbocycles. The lowest BCUT2D eigenvalue weighted by atomic mass is 10.0. The number of nitrogens with two attached hydrogens (primary N) is 1. The monoisotopic (exact) mass is 414 g/mol. The molecule has 2 aliphatic carbocycles. The molecule has 2 aromatic heterocycles. The zero-order valence-electron chi connectivity index (χ0n) is 16.5. The number of hydrogen-bond donors (Lipinski definition) is 1. The van der Waals surface area contributed by atoms with E-state index in [-0.39, 0.29) is 11.6 Å². The molecule has 2 saturated heterocycles. The fraction of sp³-hybridized carbons (Fsp3) is 0.545. The van der Waals surface area contributed by atoms with Crippen molar-refractivity contribution in [2.45, 2.75) is 37.3 Å². The smallest absolute Gasteiger partial charge is 0.387 e. The Labute approximate surface area is 173 Å². The van der Waals surface area contributed by atoms with Crippen LogP contribution < -0.4 is 10.5 Å². The number of hydrogen-bond acceptors (Lipinski definition) is 6. The molecule has 2 aromatic rings. The SMILES string of the molecule is Nc1ncc(-c2cc(C3[C@H]4CN(C5COC5)C[C@@H]34)cc(C3CC3)n2)cc1OC(F)F. The molecule has 0 spiro atoms. The number of piperidine rings is 1. The van der Waals surface area contributed by atoms with Gasteiger partial charge < -0.3 is 15.2 Å². The van der Waals surface area contributed by atoms with Crippen molar-refractivity contribution in [3.05, 3.63) is 35.7 Å². The van der Waals surface area contributed by atoms with Crippen LogP contribution in [0.4, 0.5) is 14.6 Å². The first-order valence-corrected chi connectivity index (χ1v) is 10.6. The van der Waals surface area contributed by atoms with E-state index in [1.807, 2.05) is 0 Å². The Balaban J connectivity index is 1.29. The van der Waals surface area contributed by atoms with Crippen molar-refractivity contribution < 1.29 is 18.3 Å². The molecule has 0 radical (unpaired) electrons. The Hall–Kier alpha value is -2.32. The number of halogens is 2. The Morgan fingerprint density at radius 1 is 1.13 bits per heavy atom. The van der Waals surface area contributed by atoms with E-state index in [2.05, 4.69) is 26.8 Å². The molecule has 4 fully saturated rings. The van der Waals surface area contributed by atoms with E-state index in [0.717, 1.165) is 50.5 Å². The Morgan fingerprint density at radius 3 is 2.53 bits per heavy atom. The molecule has 0 amide bonds. The summed E-state index contributed by atoms with van der Waals surface area (Å²) in [4.78, 5) is 11.5. The molecule has 6 rings (SSSR count). The quantitative estimate of drug-likeness (QED) is 0.782. The fourth-order valence-corrected chi connectivity index (χ4v) is 5.07. The summed E-state index contributed by atoms with van der Waals surface area (Å²) in [5.74, 6) is 2.29. The highest BCUT2D eigenvalue weighted by molar-refractivity contribution is 5.65. The molecule has 158 valence electrons. The van der Waals surface area contributed by atoms with Crippen molar-refractivity contribution >= 4 is 5.82 Å². The van der Waals surface area contributed by atoms with Gasteiger partial charge in [0, 0.05) is 36.5 Å². The largest absolute Gasteiger partial charge is 0.431 e. The lowest BCUT2D eigenvalue weighted by Gasteiger charge is -2.35. The summed E-state index contributed by atoms with van der Waals surface area (Å²) >= 11 is 0. The standard InChI is InChI=1S/C22H24F2N4O2/c23-22(24)30-19-5-13(6-26-21(19)25)18-4-12(3-17(27-18)11-1-2-11)20-15-7-28(8-16(15)20)14-9-29-10-14/h3-6,11,14-16,20,22H,1-2,7-10H2,(H2,25,26)/t15-,16+,20?. The number of nitrogens with zero attached hydrogens (tertiary/aromatic N) is 3. The highest BCUT2D eigenvalue weighted by Gasteiger charge is 2.57. The molecule has 6 nitrogen and oxygen atoms in total. The molecule has 4 heterocycles. The van der Waals surface area contributed by atoms with Crippen LogP contribution in [-0.2, 0) is 4.74 Å². The number of anilines is 1. The van der Waals surface area contributed by atoms with Crippen molar-refractivity contribution in [3.8, 4) is 17.0 Å². The highest BCUT2D eigenvalue weighted by Crippen LogP contribution is 2.59. The van der Waals surface area contributed by atoms with E-state index in [1.165, 1.54) is 11.6 Å². The number of fused-ring (bicyclic) bond motifs is 1. The third kappa shape index (κ3) is 3.22. The summed E-state index contributed by atoms with van der Waals surface area (Å²) < 4.78 is 35.3. The van der Waals surface area contributed by atoms with Gasteiger partial charge in [-0.25, -0.2) is 4.98 Å². The van der Waals surface area contributed by atoms with Gasteiger partial charge >= 0.3 is 6.61 Å². The van der Waals surface area contributed by atoms with E-state index < -0.39 is 6.61 Å². The second kappa shape index (κ2) is 6.85. The number of nitrogen functional groups attached to an aromatic ring is 1. The van der Waals surface area contributed by atoms with Crippen molar-refractivity contribution in [2.75, 3.05) is 32.0 Å². The fourth-order valence-electron chi connectivity index (χ4n) is 5.07. The first kappa shape index (κ1) is 18.4. The molecule has 2 saturated carbocycles. The van der Waals surface area contributed by atoms with Crippen molar-refractivity contribution in [1.82, 2.24) is 14.9 Å². The molecular weight excluding hydrogens is 390 g/mol. The minimum Gasteiger partial charge on any atom is -0.431 e. The summed E-state index contributed by atoms with van der Waals surface area (Å²) in [7, 11) is 0. The van der Waals surface area contributed by atoms with Gasteiger partial charge in [0.25, 0.3) is 0 Å². The van der Waals surface area contributed by atoms with Gasteiger partial charge in [0.15, 0.2) is 11.6 Å².